The van der Waals surface area contributed by atoms with Crippen molar-refractivity contribution in [3.05, 3.63) is 52.5 Å². The van der Waals surface area contributed by atoms with Crippen LogP contribution in [0.2, 0.25) is 5.02 Å². The molecule has 0 aliphatic carbocycles. The van der Waals surface area contributed by atoms with E-state index in [1.165, 1.54) is 6.07 Å². The number of carboxylic acid groups (broad SMARTS) is 1. The number of halogens is 1. The van der Waals surface area contributed by atoms with Gasteiger partial charge in [-0.15, -0.1) is 0 Å². The van der Waals surface area contributed by atoms with E-state index in [0.717, 1.165) is 5.56 Å². The van der Waals surface area contributed by atoms with Crippen molar-refractivity contribution in [1.29, 1.82) is 0 Å². The quantitative estimate of drug-likeness (QED) is 0.839. The normalized spacial score (nSPS) is 10.2. The number of aromatic carboxylic acids is 1. The number of benzene rings is 2. The summed E-state index contributed by atoms with van der Waals surface area (Å²) in [5.74, 6) is -0.387. The Balaban J connectivity index is 2.41. The summed E-state index contributed by atoms with van der Waals surface area (Å²) < 4.78 is 5.59. The van der Waals surface area contributed by atoms with Crippen LogP contribution in [0.4, 0.5) is 5.69 Å². The van der Waals surface area contributed by atoms with Gasteiger partial charge in [0.15, 0.2) is 5.75 Å². The molecule has 0 fully saturated rings. The van der Waals surface area contributed by atoms with E-state index in [1.807, 2.05) is 13.0 Å². The lowest BCUT2D eigenvalue weighted by Crippen LogP contribution is -2.03. The van der Waals surface area contributed by atoms with Crippen LogP contribution < -0.4 is 10.5 Å². The molecule has 0 unspecified atom stereocenters. The highest BCUT2D eigenvalue weighted by molar-refractivity contribution is 6.32. The largest absolute Gasteiger partial charge is 0.478 e. The molecule has 0 atom stereocenters. The molecule has 0 saturated heterocycles. The molecule has 0 radical (unpaired) electrons. The number of anilines is 1. The predicted octanol–water partition coefficient (Wildman–Crippen LogP) is 3.72. The molecule has 0 aliphatic heterocycles. The molecule has 3 N–H and O–H groups in total. The first kappa shape index (κ1) is 13.2. The molecule has 2 aromatic carbocycles. The van der Waals surface area contributed by atoms with E-state index in [4.69, 9.17) is 27.2 Å². The van der Waals surface area contributed by atoms with Crippen molar-refractivity contribution in [1.82, 2.24) is 0 Å². The van der Waals surface area contributed by atoms with Crippen molar-refractivity contribution in [2.45, 2.75) is 6.92 Å². The number of para-hydroxylation sites is 1. The van der Waals surface area contributed by atoms with Gasteiger partial charge >= 0.3 is 5.97 Å². The Labute approximate surface area is 115 Å². The van der Waals surface area contributed by atoms with Crippen LogP contribution in [0.5, 0.6) is 11.5 Å². The molecule has 98 valence electrons. The molecule has 2 aromatic rings. The van der Waals surface area contributed by atoms with Crippen LogP contribution in [0.15, 0.2) is 36.4 Å². The van der Waals surface area contributed by atoms with Crippen LogP contribution in [0, 0.1) is 6.92 Å². The fourth-order valence-corrected chi connectivity index (χ4v) is 1.78. The Hall–Kier alpha value is -2.20. The van der Waals surface area contributed by atoms with Gasteiger partial charge in [-0.1, -0.05) is 23.7 Å². The van der Waals surface area contributed by atoms with Crippen LogP contribution in [0.1, 0.15) is 15.9 Å². The zero-order valence-electron chi connectivity index (χ0n) is 10.2. The van der Waals surface area contributed by atoms with Gasteiger partial charge in [0, 0.05) is 0 Å². The molecule has 19 heavy (non-hydrogen) atoms. The maximum atomic E-state index is 11.0. The minimum Gasteiger partial charge on any atom is -0.478 e. The van der Waals surface area contributed by atoms with Crippen molar-refractivity contribution in [2.75, 3.05) is 5.73 Å². The van der Waals surface area contributed by atoms with Crippen molar-refractivity contribution >= 4 is 23.3 Å². The molecule has 2 rings (SSSR count). The molecule has 0 amide bonds. The number of nitrogen functional groups attached to an aromatic ring is 1. The van der Waals surface area contributed by atoms with E-state index in [1.54, 1.807) is 24.3 Å². The highest BCUT2D eigenvalue weighted by atomic mass is 35.5. The standard InChI is InChI=1S/C14H12ClNO3/c1-8-5-6-10(15)12(7-8)19-11-4-2-3-9(13(11)16)14(17)18/h2-7H,16H2,1H3,(H,17,18). The van der Waals surface area contributed by atoms with Gasteiger partial charge in [-0.05, 0) is 36.8 Å². The topological polar surface area (TPSA) is 72.5 Å². The van der Waals surface area contributed by atoms with Crippen molar-refractivity contribution < 1.29 is 14.6 Å². The zero-order valence-corrected chi connectivity index (χ0v) is 10.9. The smallest absolute Gasteiger partial charge is 0.337 e. The van der Waals surface area contributed by atoms with Crippen LogP contribution in [-0.2, 0) is 0 Å². The van der Waals surface area contributed by atoms with Crippen LogP contribution in [-0.4, -0.2) is 11.1 Å². The number of carbonyl (C=O) groups is 1. The first-order valence-electron chi connectivity index (χ1n) is 5.55. The first-order chi connectivity index (χ1) is 8.99. The average Bonchev–Trinajstić information content (AvgIpc) is 2.36. The summed E-state index contributed by atoms with van der Waals surface area (Å²) in [5, 5.41) is 9.43. The number of nitrogens with two attached hydrogens (primary N) is 1. The highest BCUT2D eigenvalue weighted by Crippen LogP contribution is 2.34. The summed E-state index contributed by atoms with van der Waals surface area (Å²) in [6.07, 6.45) is 0. The molecule has 0 bridgehead atoms. The van der Waals surface area contributed by atoms with E-state index in [2.05, 4.69) is 0 Å². The van der Waals surface area contributed by atoms with Gasteiger partial charge in [-0.2, -0.15) is 0 Å². The Morgan fingerprint density at radius 3 is 2.68 bits per heavy atom. The van der Waals surface area contributed by atoms with Gasteiger partial charge in [0.25, 0.3) is 0 Å². The number of hydrogen-bond donors (Lipinski definition) is 2. The monoisotopic (exact) mass is 277 g/mol. The maximum Gasteiger partial charge on any atom is 0.337 e. The third kappa shape index (κ3) is 2.80. The lowest BCUT2D eigenvalue weighted by atomic mass is 10.1. The zero-order chi connectivity index (χ0) is 14.0. The lowest BCUT2D eigenvalue weighted by Gasteiger charge is -2.11. The van der Waals surface area contributed by atoms with Gasteiger partial charge in [0.1, 0.15) is 5.75 Å². The summed E-state index contributed by atoms with van der Waals surface area (Å²) in [6, 6.07) is 9.91. The van der Waals surface area contributed by atoms with Crippen molar-refractivity contribution in [2.24, 2.45) is 0 Å². The van der Waals surface area contributed by atoms with E-state index >= 15 is 0 Å². The molecule has 0 spiro atoms. The highest BCUT2D eigenvalue weighted by Gasteiger charge is 2.13. The fraction of sp³-hybridized carbons (Fsp3) is 0.0714. The minimum absolute atomic E-state index is 0.00118. The van der Waals surface area contributed by atoms with Crippen LogP contribution in [0.3, 0.4) is 0 Å². The summed E-state index contributed by atoms with van der Waals surface area (Å²) in [4.78, 5) is 11.0. The van der Waals surface area contributed by atoms with Gasteiger partial charge in [0.05, 0.1) is 16.3 Å². The second-order valence-corrected chi connectivity index (χ2v) is 4.47. The average molecular weight is 278 g/mol. The molecule has 0 aromatic heterocycles. The van der Waals surface area contributed by atoms with Crippen molar-refractivity contribution in [3.8, 4) is 11.5 Å². The minimum atomic E-state index is -1.10. The van der Waals surface area contributed by atoms with E-state index in [-0.39, 0.29) is 17.0 Å². The molecule has 0 aliphatic rings. The second kappa shape index (κ2) is 5.20. The second-order valence-electron chi connectivity index (χ2n) is 4.06. The molecular weight excluding hydrogens is 266 g/mol. The van der Waals surface area contributed by atoms with E-state index < -0.39 is 5.97 Å². The number of rotatable bonds is 3. The fourth-order valence-electron chi connectivity index (χ4n) is 1.63. The number of aryl methyl sites for hydroxylation is 1. The van der Waals surface area contributed by atoms with Gasteiger partial charge in [-0.3, -0.25) is 0 Å². The predicted molar refractivity (Wildman–Crippen MR) is 74.1 cm³/mol. The Bertz CT molecular complexity index is 641. The van der Waals surface area contributed by atoms with Gasteiger partial charge in [-0.25, -0.2) is 4.79 Å². The summed E-state index contributed by atoms with van der Waals surface area (Å²) in [6.45, 7) is 1.90. The SMILES string of the molecule is Cc1ccc(Cl)c(Oc2cccc(C(=O)O)c2N)c1. The number of hydrogen-bond acceptors (Lipinski definition) is 3. The molecule has 0 saturated carbocycles. The third-order valence-corrected chi connectivity index (χ3v) is 2.92. The molecule has 4 nitrogen and oxygen atoms in total. The van der Waals surface area contributed by atoms with Crippen LogP contribution in [0.25, 0.3) is 0 Å². The summed E-state index contributed by atoms with van der Waals surface area (Å²) in [5.41, 5.74) is 6.83. The molecule has 5 heteroatoms. The maximum absolute atomic E-state index is 11.0. The molecule has 0 heterocycles. The number of ether oxygens (including phenoxy) is 1. The summed E-state index contributed by atoms with van der Waals surface area (Å²) >= 11 is 6.02. The molecular formula is C14H12ClNO3. The van der Waals surface area contributed by atoms with E-state index in [9.17, 15) is 4.79 Å². The Morgan fingerprint density at radius 1 is 1.26 bits per heavy atom. The summed E-state index contributed by atoms with van der Waals surface area (Å²) in [7, 11) is 0. The Kier molecular flexibility index (Phi) is 3.62. The number of carboxylic acids is 1. The van der Waals surface area contributed by atoms with Gasteiger partial charge < -0.3 is 15.6 Å². The van der Waals surface area contributed by atoms with Gasteiger partial charge in [0.2, 0.25) is 0 Å². The first-order valence-corrected chi connectivity index (χ1v) is 5.92. The van der Waals surface area contributed by atoms with Crippen LogP contribution >= 0.6 is 11.6 Å². The Morgan fingerprint density at radius 2 is 2.00 bits per heavy atom. The van der Waals surface area contributed by atoms with Crippen molar-refractivity contribution in [3.63, 3.8) is 0 Å². The lowest BCUT2D eigenvalue weighted by molar-refractivity contribution is 0.0697. The van der Waals surface area contributed by atoms with E-state index in [0.29, 0.717) is 10.8 Å². The third-order valence-electron chi connectivity index (χ3n) is 2.60.